The van der Waals surface area contributed by atoms with Crippen molar-refractivity contribution in [2.45, 2.75) is 37.7 Å². The van der Waals surface area contributed by atoms with Crippen LogP contribution in [0, 0.1) is 0 Å². The minimum absolute atomic E-state index is 0.138. The molecule has 1 aliphatic rings. The van der Waals surface area contributed by atoms with Gasteiger partial charge in [0.1, 0.15) is 17.2 Å². The van der Waals surface area contributed by atoms with Crippen molar-refractivity contribution in [3.05, 3.63) is 60.2 Å². The molecule has 0 atom stereocenters. The molecule has 4 aromatic rings. The highest BCUT2D eigenvalue weighted by Crippen LogP contribution is 2.36. The van der Waals surface area contributed by atoms with Gasteiger partial charge in [-0.05, 0) is 43.2 Å². The molecule has 162 valence electrons. The van der Waals surface area contributed by atoms with E-state index in [1.165, 1.54) is 6.20 Å². The average Bonchev–Trinajstić information content (AvgIpc) is 3.31. The number of para-hydroxylation sites is 2. The molecule has 6 nitrogen and oxygen atoms in total. The molecule has 3 aromatic heterocycles. The zero-order chi connectivity index (χ0) is 21.6. The maximum atomic E-state index is 13.6. The number of nitrogens with zero attached hydrogens (tertiary/aromatic N) is 4. The summed E-state index contributed by atoms with van der Waals surface area (Å²) < 4.78 is 41.9. The van der Waals surface area contributed by atoms with Gasteiger partial charge in [0.25, 0.3) is 0 Å². The number of imidazole rings is 1. The van der Waals surface area contributed by atoms with Crippen LogP contribution in [0.25, 0.3) is 22.1 Å². The van der Waals surface area contributed by atoms with Crippen LogP contribution in [0.1, 0.15) is 24.4 Å². The Labute approximate surface area is 176 Å². The molecule has 1 aliphatic heterocycles. The summed E-state index contributed by atoms with van der Waals surface area (Å²) in [6.45, 7) is 1.61. The number of piperidine rings is 1. The third-order valence-electron chi connectivity index (χ3n) is 6.00. The predicted molar refractivity (Wildman–Crippen MR) is 110 cm³/mol. The van der Waals surface area contributed by atoms with E-state index >= 15 is 0 Å². The van der Waals surface area contributed by atoms with Crippen molar-refractivity contribution in [1.82, 2.24) is 24.4 Å². The Morgan fingerprint density at radius 1 is 1.10 bits per heavy atom. The van der Waals surface area contributed by atoms with Crippen LogP contribution in [0.5, 0.6) is 0 Å². The van der Waals surface area contributed by atoms with Crippen molar-refractivity contribution in [1.29, 1.82) is 0 Å². The number of nitrogens with one attached hydrogen (secondary N) is 1. The molecule has 31 heavy (non-hydrogen) atoms. The fourth-order valence-electron chi connectivity index (χ4n) is 4.35. The van der Waals surface area contributed by atoms with Crippen molar-refractivity contribution in [2.24, 2.45) is 0 Å². The van der Waals surface area contributed by atoms with E-state index in [0.29, 0.717) is 37.9 Å². The lowest BCUT2D eigenvalue weighted by Crippen LogP contribution is -2.47. The van der Waals surface area contributed by atoms with Gasteiger partial charge in [-0.3, -0.25) is 4.90 Å². The molecular weight excluding hydrogens is 407 g/mol. The van der Waals surface area contributed by atoms with Crippen molar-refractivity contribution in [3.63, 3.8) is 0 Å². The average molecular weight is 429 g/mol. The van der Waals surface area contributed by atoms with Gasteiger partial charge < -0.3 is 14.7 Å². The van der Waals surface area contributed by atoms with Gasteiger partial charge >= 0.3 is 6.18 Å². The van der Waals surface area contributed by atoms with Crippen LogP contribution in [0.2, 0.25) is 0 Å². The number of aliphatic hydroxyl groups is 1. The molecular formula is C22H22F3N5O. The number of halogens is 3. The molecule has 0 unspecified atom stereocenters. The van der Waals surface area contributed by atoms with Gasteiger partial charge in [-0.25, -0.2) is 9.97 Å². The number of likely N-dealkylation sites (tertiary alicyclic amines) is 1. The lowest BCUT2D eigenvalue weighted by atomic mass is 9.91. The maximum Gasteiger partial charge on any atom is 0.431 e. The highest BCUT2D eigenvalue weighted by atomic mass is 19.4. The molecule has 0 amide bonds. The molecule has 4 heterocycles. The van der Waals surface area contributed by atoms with E-state index in [9.17, 15) is 18.3 Å². The van der Waals surface area contributed by atoms with Gasteiger partial charge in [-0.15, -0.1) is 0 Å². The second kappa shape index (κ2) is 7.35. The Morgan fingerprint density at radius 2 is 1.87 bits per heavy atom. The van der Waals surface area contributed by atoms with Gasteiger partial charge in [0.05, 0.1) is 29.7 Å². The summed E-state index contributed by atoms with van der Waals surface area (Å²) in [4.78, 5) is 14.2. The summed E-state index contributed by atoms with van der Waals surface area (Å²) in [6, 6.07) is 12.1. The quantitative estimate of drug-likeness (QED) is 0.515. The second-order valence-electron chi connectivity index (χ2n) is 8.23. The highest BCUT2D eigenvalue weighted by molar-refractivity contribution is 5.77. The topological polar surface area (TPSA) is 70.0 Å². The fourth-order valence-corrected chi connectivity index (χ4v) is 4.35. The van der Waals surface area contributed by atoms with Crippen molar-refractivity contribution < 1.29 is 18.3 Å². The normalized spacial score (nSPS) is 17.5. The van der Waals surface area contributed by atoms with Crippen LogP contribution in [-0.4, -0.2) is 48.2 Å². The van der Waals surface area contributed by atoms with E-state index in [1.807, 2.05) is 24.3 Å². The number of H-pyrrole nitrogens is 1. The molecule has 0 saturated carbocycles. The minimum atomic E-state index is -4.51. The van der Waals surface area contributed by atoms with Gasteiger partial charge in [-0.2, -0.15) is 13.2 Å². The number of alkyl halides is 3. The number of pyridine rings is 1. The zero-order valence-electron chi connectivity index (χ0n) is 16.7. The van der Waals surface area contributed by atoms with Gasteiger partial charge in [0.2, 0.25) is 0 Å². The van der Waals surface area contributed by atoms with Crippen molar-refractivity contribution >= 4 is 22.1 Å². The zero-order valence-corrected chi connectivity index (χ0v) is 16.7. The Balaban J connectivity index is 1.32. The number of aromatic amines is 1. The van der Waals surface area contributed by atoms with Gasteiger partial charge in [0.15, 0.2) is 0 Å². The second-order valence-corrected chi connectivity index (χ2v) is 8.23. The van der Waals surface area contributed by atoms with Crippen molar-refractivity contribution in [2.75, 3.05) is 13.1 Å². The first-order valence-electron chi connectivity index (χ1n) is 10.2. The maximum absolute atomic E-state index is 13.6. The SMILES string of the molecule is OC1(Cn2c(C(F)(F)F)cc3cccnc32)CCN(Cc2nc3ccccc3[nH]2)CC1. The highest BCUT2D eigenvalue weighted by Gasteiger charge is 2.39. The van der Waals surface area contributed by atoms with Crippen LogP contribution in [0.4, 0.5) is 13.2 Å². The Morgan fingerprint density at radius 3 is 2.61 bits per heavy atom. The summed E-state index contributed by atoms with van der Waals surface area (Å²) in [5.41, 5.74) is 0.107. The summed E-state index contributed by atoms with van der Waals surface area (Å²) in [5.74, 6) is 0.839. The number of fused-ring (bicyclic) bond motifs is 2. The third-order valence-corrected chi connectivity index (χ3v) is 6.00. The number of hydrogen-bond donors (Lipinski definition) is 2. The van der Waals surface area contributed by atoms with Crippen LogP contribution >= 0.6 is 0 Å². The van der Waals surface area contributed by atoms with Crippen LogP contribution in [-0.2, 0) is 19.3 Å². The summed E-state index contributed by atoms with van der Waals surface area (Å²) in [6.07, 6.45) is -2.30. The third kappa shape index (κ3) is 3.90. The Hall–Kier alpha value is -2.91. The first-order valence-corrected chi connectivity index (χ1v) is 10.2. The predicted octanol–water partition coefficient (Wildman–Crippen LogP) is 3.96. The van der Waals surface area contributed by atoms with E-state index in [-0.39, 0.29) is 12.2 Å². The summed E-state index contributed by atoms with van der Waals surface area (Å²) >= 11 is 0. The van der Waals surface area contributed by atoms with Crippen LogP contribution < -0.4 is 0 Å². The standard InChI is InChI=1S/C22H22F3N5O/c23-22(24,25)18-12-15-4-3-9-26-20(15)30(18)14-21(31)7-10-29(11-8-21)13-19-27-16-5-1-2-6-17(16)28-19/h1-6,9,12,31H,7-8,10-11,13-14H2,(H,27,28). The van der Waals surface area contributed by atoms with E-state index in [0.717, 1.165) is 27.5 Å². The summed E-state index contributed by atoms with van der Waals surface area (Å²) in [7, 11) is 0. The molecule has 0 spiro atoms. The molecule has 9 heteroatoms. The molecule has 0 radical (unpaired) electrons. The molecule has 5 rings (SSSR count). The molecule has 1 fully saturated rings. The molecule has 1 saturated heterocycles. The van der Waals surface area contributed by atoms with Crippen molar-refractivity contribution in [3.8, 4) is 0 Å². The fraction of sp³-hybridized carbons (Fsp3) is 0.364. The number of rotatable bonds is 4. The number of benzene rings is 1. The minimum Gasteiger partial charge on any atom is -0.388 e. The Kier molecular flexibility index (Phi) is 4.75. The lowest BCUT2D eigenvalue weighted by molar-refractivity contribution is -0.145. The van der Waals surface area contributed by atoms with Crippen LogP contribution in [0.15, 0.2) is 48.7 Å². The molecule has 0 bridgehead atoms. The number of hydrogen-bond acceptors (Lipinski definition) is 4. The van der Waals surface area contributed by atoms with Gasteiger partial charge in [0, 0.05) is 24.7 Å². The van der Waals surface area contributed by atoms with E-state index in [1.54, 1.807) is 12.1 Å². The lowest BCUT2D eigenvalue weighted by Gasteiger charge is -2.38. The van der Waals surface area contributed by atoms with E-state index < -0.39 is 17.5 Å². The Bertz CT molecular complexity index is 1190. The monoisotopic (exact) mass is 429 g/mol. The number of aromatic nitrogens is 4. The largest absolute Gasteiger partial charge is 0.431 e. The molecule has 2 N–H and O–H groups in total. The molecule has 1 aromatic carbocycles. The van der Waals surface area contributed by atoms with E-state index in [2.05, 4.69) is 19.9 Å². The van der Waals surface area contributed by atoms with Gasteiger partial charge in [-0.1, -0.05) is 12.1 Å². The smallest absolute Gasteiger partial charge is 0.388 e. The van der Waals surface area contributed by atoms with E-state index in [4.69, 9.17) is 0 Å². The van der Waals surface area contributed by atoms with Crippen LogP contribution in [0.3, 0.4) is 0 Å². The molecule has 0 aliphatic carbocycles. The first-order chi connectivity index (χ1) is 14.8. The first kappa shape index (κ1) is 20.0. The summed E-state index contributed by atoms with van der Waals surface area (Å²) in [5, 5.41) is 11.5.